The SMILES string of the molecule is CC(=O)N(CC(=O)Nc1cccc(Br)c1)c1ccccc1C#N. The van der Waals surface area contributed by atoms with E-state index in [1.54, 1.807) is 42.5 Å². The minimum absolute atomic E-state index is 0.166. The molecule has 0 heterocycles. The first-order valence-electron chi connectivity index (χ1n) is 6.84. The van der Waals surface area contributed by atoms with Gasteiger partial charge in [0.1, 0.15) is 12.6 Å². The third-order valence-corrected chi connectivity index (χ3v) is 3.60. The molecular weight excluding hydrogens is 358 g/mol. The van der Waals surface area contributed by atoms with Gasteiger partial charge in [0.25, 0.3) is 0 Å². The van der Waals surface area contributed by atoms with E-state index in [2.05, 4.69) is 21.2 Å². The van der Waals surface area contributed by atoms with E-state index in [1.165, 1.54) is 11.8 Å². The summed E-state index contributed by atoms with van der Waals surface area (Å²) in [5.41, 5.74) is 1.39. The van der Waals surface area contributed by atoms with Gasteiger partial charge in [0.05, 0.1) is 11.3 Å². The summed E-state index contributed by atoms with van der Waals surface area (Å²) in [5, 5.41) is 11.9. The fraction of sp³-hybridized carbons (Fsp3) is 0.118. The molecule has 2 aromatic rings. The first kappa shape index (κ1) is 16.7. The van der Waals surface area contributed by atoms with Gasteiger partial charge >= 0.3 is 0 Å². The van der Waals surface area contributed by atoms with Crippen LogP contribution in [-0.2, 0) is 9.59 Å². The number of rotatable bonds is 4. The standard InChI is InChI=1S/C17H14BrN3O2/c1-12(22)21(16-8-3-2-5-13(16)10-19)11-17(23)20-15-7-4-6-14(18)9-15/h2-9H,11H2,1H3,(H,20,23). The van der Waals surface area contributed by atoms with Crippen LogP contribution in [0.2, 0.25) is 0 Å². The number of hydrogen-bond acceptors (Lipinski definition) is 3. The topological polar surface area (TPSA) is 73.2 Å². The molecule has 0 unspecified atom stereocenters. The number of carbonyl (C=O) groups excluding carboxylic acids is 2. The normalized spacial score (nSPS) is 9.78. The second-order valence-corrected chi connectivity index (χ2v) is 5.71. The maximum Gasteiger partial charge on any atom is 0.244 e. The summed E-state index contributed by atoms with van der Waals surface area (Å²) in [5.74, 6) is -0.650. The lowest BCUT2D eigenvalue weighted by molar-refractivity contribution is -0.120. The zero-order valence-electron chi connectivity index (χ0n) is 12.4. The van der Waals surface area contributed by atoms with Crippen LogP contribution in [0, 0.1) is 11.3 Å². The van der Waals surface area contributed by atoms with E-state index in [4.69, 9.17) is 5.26 Å². The van der Waals surface area contributed by atoms with Crippen molar-refractivity contribution in [3.8, 4) is 6.07 Å². The van der Waals surface area contributed by atoms with Crippen molar-refractivity contribution >= 4 is 39.1 Å². The Kier molecular flexibility index (Phi) is 5.50. The van der Waals surface area contributed by atoms with Gasteiger partial charge in [-0.15, -0.1) is 0 Å². The highest BCUT2D eigenvalue weighted by atomic mass is 79.9. The number of anilines is 2. The lowest BCUT2D eigenvalue weighted by Crippen LogP contribution is -2.37. The van der Waals surface area contributed by atoms with Crippen LogP contribution in [0.15, 0.2) is 53.0 Å². The van der Waals surface area contributed by atoms with Gasteiger partial charge < -0.3 is 10.2 Å². The molecule has 1 N–H and O–H groups in total. The van der Waals surface area contributed by atoms with Crippen molar-refractivity contribution < 1.29 is 9.59 Å². The van der Waals surface area contributed by atoms with E-state index < -0.39 is 0 Å². The summed E-state index contributed by atoms with van der Waals surface area (Å²) in [7, 11) is 0. The predicted molar refractivity (Wildman–Crippen MR) is 92.0 cm³/mol. The van der Waals surface area contributed by atoms with Crippen molar-refractivity contribution in [3.63, 3.8) is 0 Å². The van der Waals surface area contributed by atoms with Crippen LogP contribution in [0.1, 0.15) is 12.5 Å². The Morgan fingerprint density at radius 3 is 2.61 bits per heavy atom. The molecule has 0 atom stereocenters. The van der Waals surface area contributed by atoms with Crippen molar-refractivity contribution in [2.75, 3.05) is 16.8 Å². The Labute approximate surface area is 142 Å². The number of hydrogen-bond donors (Lipinski definition) is 1. The molecule has 6 heteroatoms. The number of carbonyl (C=O) groups is 2. The van der Waals surface area contributed by atoms with Crippen molar-refractivity contribution in [2.24, 2.45) is 0 Å². The fourth-order valence-electron chi connectivity index (χ4n) is 2.08. The average molecular weight is 372 g/mol. The minimum Gasteiger partial charge on any atom is -0.324 e. The van der Waals surface area contributed by atoms with E-state index in [0.29, 0.717) is 16.9 Å². The van der Waals surface area contributed by atoms with Crippen molar-refractivity contribution in [2.45, 2.75) is 6.92 Å². The van der Waals surface area contributed by atoms with Crippen LogP contribution < -0.4 is 10.2 Å². The molecule has 0 saturated heterocycles. The molecule has 0 aliphatic heterocycles. The number of halogens is 1. The van der Waals surface area contributed by atoms with Gasteiger partial charge in [0.2, 0.25) is 11.8 Å². The Balaban J connectivity index is 2.18. The van der Waals surface area contributed by atoms with E-state index in [0.717, 1.165) is 4.47 Å². The fourth-order valence-corrected chi connectivity index (χ4v) is 2.48. The molecule has 0 aliphatic rings. The highest BCUT2D eigenvalue weighted by Gasteiger charge is 2.18. The van der Waals surface area contributed by atoms with Crippen LogP contribution in [0.25, 0.3) is 0 Å². The monoisotopic (exact) mass is 371 g/mol. The molecule has 5 nitrogen and oxygen atoms in total. The predicted octanol–water partition coefficient (Wildman–Crippen LogP) is 3.31. The molecule has 2 rings (SSSR count). The molecule has 2 aromatic carbocycles. The summed E-state index contributed by atoms with van der Waals surface area (Å²) in [6.45, 7) is 1.20. The van der Waals surface area contributed by atoms with Crippen LogP contribution in [0.3, 0.4) is 0 Å². The maximum absolute atomic E-state index is 12.2. The molecule has 2 amide bonds. The van der Waals surface area contributed by atoms with E-state index in [9.17, 15) is 9.59 Å². The number of para-hydroxylation sites is 1. The largest absolute Gasteiger partial charge is 0.324 e. The summed E-state index contributed by atoms with van der Waals surface area (Å²) in [6.07, 6.45) is 0. The van der Waals surface area contributed by atoms with Crippen LogP contribution in [0.4, 0.5) is 11.4 Å². The summed E-state index contributed by atoms with van der Waals surface area (Å²) < 4.78 is 0.841. The summed E-state index contributed by atoms with van der Waals surface area (Å²) in [6, 6.07) is 15.9. The van der Waals surface area contributed by atoms with Crippen molar-refractivity contribution in [1.82, 2.24) is 0 Å². The second kappa shape index (κ2) is 7.56. The van der Waals surface area contributed by atoms with Crippen LogP contribution in [0.5, 0.6) is 0 Å². The first-order chi connectivity index (χ1) is 11.0. The average Bonchev–Trinajstić information content (AvgIpc) is 2.52. The maximum atomic E-state index is 12.2. The Morgan fingerprint density at radius 1 is 1.22 bits per heavy atom. The second-order valence-electron chi connectivity index (χ2n) is 4.79. The highest BCUT2D eigenvalue weighted by Crippen LogP contribution is 2.20. The molecule has 0 aromatic heterocycles. The quantitative estimate of drug-likeness (QED) is 0.895. The van der Waals surface area contributed by atoms with E-state index >= 15 is 0 Å². The number of benzene rings is 2. The Hall–Kier alpha value is -2.65. The first-order valence-corrected chi connectivity index (χ1v) is 7.63. The Bertz CT molecular complexity index is 783. The molecule has 116 valence electrons. The van der Waals surface area contributed by atoms with Gasteiger partial charge in [-0.2, -0.15) is 5.26 Å². The summed E-state index contributed by atoms with van der Waals surface area (Å²) in [4.78, 5) is 25.4. The van der Waals surface area contributed by atoms with Crippen molar-refractivity contribution in [3.05, 3.63) is 58.6 Å². The minimum atomic E-state index is -0.342. The lowest BCUT2D eigenvalue weighted by Gasteiger charge is -2.21. The number of nitrogens with one attached hydrogen (secondary N) is 1. The van der Waals surface area contributed by atoms with Crippen LogP contribution >= 0.6 is 15.9 Å². The van der Waals surface area contributed by atoms with Crippen LogP contribution in [-0.4, -0.2) is 18.4 Å². The van der Waals surface area contributed by atoms with E-state index in [1.807, 2.05) is 12.1 Å². The van der Waals surface area contributed by atoms with Gasteiger partial charge in [-0.3, -0.25) is 9.59 Å². The molecular formula is C17H14BrN3O2. The zero-order chi connectivity index (χ0) is 16.8. The number of nitrogens with zero attached hydrogens (tertiary/aromatic N) is 2. The molecule has 0 aliphatic carbocycles. The molecule has 0 radical (unpaired) electrons. The zero-order valence-corrected chi connectivity index (χ0v) is 14.0. The highest BCUT2D eigenvalue weighted by molar-refractivity contribution is 9.10. The number of nitriles is 1. The third-order valence-electron chi connectivity index (χ3n) is 3.11. The third kappa shape index (κ3) is 4.41. The van der Waals surface area contributed by atoms with Gasteiger partial charge in [0.15, 0.2) is 0 Å². The molecule has 0 saturated carbocycles. The van der Waals surface area contributed by atoms with Gasteiger partial charge in [0, 0.05) is 17.1 Å². The lowest BCUT2D eigenvalue weighted by atomic mass is 10.1. The van der Waals surface area contributed by atoms with Crippen molar-refractivity contribution in [1.29, 1.82) is 5.26 Å². The van der Waals surface area contributed by atoms with Gasteiger partial charge in [-0.25, -0.2) is 0 Å². The number of amides is 2. The van der Waals surface area contributed by atoms with E-state index in [-0.39, 0.29) is 18.4 Å². The molecule has 0 bridgehead atoms. The summed E-state index contributed by atoms with van der Waals surface area (Å²) >= 11 is 3.33. The molecule has 0 fully saturated rings. The Morgan fingerprint density at radius 2 is 1.96 bits per heavy atom. The molecule has 23 heavy (non-hydrogen) atoms. The molecule has 0 spiro atoms. The van der Waals surface area contributed by atoms with Gasteiger partial charge in [-0.05, 0) is 30.3 Å². The smallest absolute Gasteiger partial charge is 0.244 e. The van der Waals surface area contributed by atoms with Gasteiger partial charge in [-0.1, -0.05) is 34.1 Å².